The summed E-state index contributed by atoms with van der Waals surface area (Å²) >= 11 is 0. The number of amides is 1. The Balaban J connectivity index is 1.75. The number of hydrogen-bond acceptors (Lipinski definition) is 3. The van der Waals surface area contributed by atoms with E-state index in [4.69, 9.17) is 9.47 Å². The number of benzene rings is 2. The molecule has 1 atom stereocenters. The average Bonchev–Trinajstić information content (AvgIpc) is 2.56. The second kappa shape index (κ2) is 8.34. The Morgan fingerprint density at radius 2 is 1.88 bits per heavy atom. The molecule has 0 bridgehead atoms. The number of ether oxygens (including phenoxy) is 2. The van der Waals surface area contributed by atoms with Crippen LogP contribution < -0.4 is 14.8 Å². The first-order valence-electron chi connectivity index (χ1n) is 7.85. The van der Waals surface area contributed by atoms with E-state index in [1.54, 1.807) is 19.1 Å². The fourth-order valence-corrected chi connectivity index (χ4v) is 2.10. The van der Waals surface area contributed by atoms with Gasteiger partial charge >= 0.3 is 0 Å². The molecule has 0 heterocycles. The van der Waals surface area contributed by atoms with Crippen LogP contribution in [0.15, 0.2) is 42.5 Å². The third-order valence-electron chi connectivity index (χ3n) is 3.50. The average molecular weight is 331 g/mol. The molecule has 0 aliphatic rings. The molecule has 0 spiro atoms. The standard InChI is InChI=1S/C19H22FNO3/c1-13-4-5-14(2)18(12-13)24-15(3)19(22)21-10-11-23-17-8-6-16(20)7-9-17/h4-9,12,15H,10-11H2,1-3H3,(H,21,22). The smallest absolute Gasteiger partial charge is 0.260 e. The van der Waals surface area contributed by atoms with Crippen molar-refractivity contribution in [3.8, 4) is 11.5 Å². The quantitative estimate of drug-likeness (QED) is 0.791. The summed E-state index contributed by atoms with van der Waals surface area (Å²) in [4.78, 5) is 12.1. The molecule has 1 unspecified atom stereocenters. The summed E-state index contributed by atoms with van der Waals surface area (Å²) in [5, 5.41) is 2.76. The molecule has 0 saturated heterocycles. The van der Waals surface area contributed by atoms with Crippen molar-refractivity contribution < 1.29 is 18.7 Å². The lowest BCUT2D eigenvalue weighted by Crippen LogP contribution is -2.38. The Morgan fingerprint density at radius 1 is 1.17 bits per heavy atom. The number of nitrogens with one attached hydrogen (secondary N) is 1. The predicted molar refractivity (Wildman–Crippen MR) is 90.9 cm³/mol. The van der Waals surface area contributed by atoms with Crippen molar-refractivity contribution in [2.24, 2.45) is 0 Å². The molecule has 5 heteroatoms. The monoisotopic (exact) mass is 331 g/mol. The van der Waals surface area contributed by atoms with Gasteiger partial charge < -0.3 is 14.8 Å². The first-order chi connectivity index (χ1) is 11.5. The first kappa shape index (κ1) is 17.8. The van der Waals surface area contributed by atoms with Crippen LogP contribution >= 0.6 is 0 Å². The van der Waals surface area contributed by atoms with Gasteiger partial charge in [0.15, 0.2) is 6.10 Å². The zero-order valence-electron chi connectivity index (χ0n) is 14.1. The Hall–Kier alpha value is -2.56. The van der Waals surface area contributed by atoms with Gasteiger partial charge in [0.2, 0.25) is 0 Å². The summed E-state index contributed by atoms with van der Waals surface area (Å²) in [7, 11) is 0. The predicted octanol–water partition coefficient (Wildman–Crippen LogP) is 3.41. The van der Waals surface area contributed by atoms with Crippen molar-refractivity contribution in [3.63, 3.8) is 0 Å². The molecule has 2 rings (SSSR count). The minimum absolute atomic E-state index is 0.210. The molecule has 0 aliphatic carbocycles. The highest BCUT2D eigenvalue weighted by Crippen LogP contribution is 2.20. The van der Waals surface area contributed by atoms with E-state index < -0.39 is 6.10 Å². The molecule has 0 saturated carbocycles. The van der Waals surface area contributed by atoms with Crippen LogP contribution in [0.3, 0.4) is 0 Å². The number of aryl methyl sites for hydroxylation is 2. The third-order valence-corrected chi connectivity index (χ3v) is 3.50. The normalized spacial score (nSPS) is 11.7. The third kappa shape index (κ3) is 5.26. The van der Waals surface area contributed by atoms with E-state index >= 15 is 0 Å². The summed E-state index contributed by atoms with van der Waals surface area (Å²) in [5.74, 6) is 0.747. The Labute approximate surface area is 141 Å². The van der Waals surface area contributed by atoms with Gasteiger partial charge in [0, 0.05) is 0 Å². The molecular formula is C19H22FNO3. The largest absolute Gasteiger partial charge is 0.492 e. The van der Waals surface area contributed by atoms with Crippen LogP contribution in [-0.2, 0) is 4.79 Å². The Morgan fingerprint density at radius 3 is 2.58 bits per heavy atom. The number of halogens is 1. The molecule has 0 radical (unpaired) electrons. The maximum absolute atomic E-state index is 12.8. The lowest BCUT2D eigenvalue weighted by molar-refractivity contribution is -0.127. The van der Waals surface area contributed by atoms with Gasteiger partial charge in [-0.3, -0.25) is 4.79 Å². The number of carbonyl (C=O) groups excluding carboxylic acids is 1. The van der Waals surface area contributed by atoms with Crippen LogP contribution in [0.4, 0.5) is 4.39 Å². The van der Waals surface area contributed by atoms with Gasteiger partial charge in [0.05, 0.1) is 6.54 Å². The lowest BCUT2D eigenvalue weighted by Gasteiger charge is -2.17. The second-order valence-electron chi connectivity index (χ2n) is 5.62. The van der Waals surface area contributed by atoms with Crippen molar-refractivity contribution in [2.75, 3.05) is 13.2 Å². The van der Waals surface area contributed by atoms with Crippen LogP contribution in [0, 0.1) is 19.7 Å². The molecule has 0 aromatic heterocycles. The highest BCUT2D eigenvalue weighted by Gasteiger charge is 2.15. The fraction of sp³-hybridized carbons (Fsp3) is 0.316. The zero-order chi connectivity index (χ0) is 17.5. The van der Waals surface area contributed by atoms with Gasteiger partial charge in [-0.25, -0.2) is 4.39 Å². The Bertz CT molecular complexity index is 686. The van der Waals surface area contributed by atoms with E-state index in [1.165, 1.54) is 12.1 Å². The maximum atomic E-state index is 12.8. The van der Waals surface area contributed by atoms with Crippen LogP contribution in [0.5, 0.6) is 11.5 Å². The zero-order valence-corrected chi connectivity index (χ0v) is 14.1. The van der Waals surface area contributed by atoms with Crippen molar-refractivity contribution in [2.45, 2.75) is 26.9 Å². The van der Waals surface area contributed by atoms with E-state index in [0.29, 0.717) is 24.7 Å². The highest BCUT2D eigenvalue weighted by atomic mass is 19.1. The molecular weight excluding hydrogens is 309 g/mol. The Kier molecular flexibility index (Phi) is 6.18. The van der Waals surface area contributed by atoms with Gasteiger partial charge in [-0.15, -0.1) is 0 Å². The minimum Gasteiger partial charge on any atom is -0.492 e. The van der Waals surface area contributed by atoms with Crippen molar-refractivity contribution in [1.82, 2.24) is 5.32 Å². The van der Waals surface area contributed by atoms with E-state index in [1.807, 2.05) is 32.0 Å². The second-order valence-corrected chi connectivity index (χ2v) is 5.62. The van der Waals surface area contributed by atoms with Crippen LogP contribution in [0.2, 0.25) is 0 Å². The van der Waals surface area contributed by atoms with Crippen LogP contribution in [0.25, 0.3) is 0 Å². The number of hydrogen-bond donors (Lipinski definition) is 1. The van der Waals surface area contributed by atoms with Crippen molar-refractivity contribution >= 4 is 5.91 Å². The first-order valence-corrected chi connectivity index (χ1v) is 7.85. The van der Waals surface area contributed by atoms with E-state index in [2.05, 4.69) is 5.32 Å². The summed E-state index contributed by atoms with van der Waals surface area (Å²) in [6, 6.07) is 11.6. The molecule has 1 N–H and O–H groups in total. The lowest BCUT2D eigenvalue weighted by atomic mass is 10.1. The summed E-state index contributed by atoms with van der Waals surface area (Å²) in [5.41, 5.74) is 2.07. The van der Waals surface area contributed by atoms with E-state index in [9.17, 15) is 9.18 Å². The molecule has 4 nitrogen and oxygen atoms in total. The summed E-state index contributed by atoms with van der Waals surface area (Å²) in [6.45, 7) is 6.27. The van der Waals surface area contributed by atoms with Crippen LogP contribution in [0.1, 0.15) is 18.1 Å². The number of rotatable bonds is 7. The SMILES string of the molecule is Cc1ccc(C)c(OC(C)C(=O)NCCOc2ccc(F)cc2)c1. The molecule has 0 aliphatic heterocycles. The van der Waals surface area contributed by atoms with Crippen molar-refractivity contribution in [1.29, 1.82) is 0 Å². The molecule has 1 amide bonds. The van der Waals surface area contributed by atoms with Gasteiger partial charge in [-0.05, 0) is 62.2 Å². The summed E-state index contributed by atoms with van der Waals surface area (Å²) < 4.78 is 23.9. The summed E-state index contributed by atoms with van der Waals surface area (Å²) in [6.07, 6.45) is -0.601. The molecule has 128 valence electrons. The van der Waals surface area contributed by atoms with E-state index in [-0.39, 0.29) is 11.7 Å². The molecule has 2 aromatic carbocycles. The topological polar surface area (TPSA) is 47.6 Å². The molecule has 24 heavy (non-hydrogen) atoms. The minimum atomic E-state index is -0.601. The molecule has 0 fully saturated rings. The van der Waals surface area contributed by atoms with Gasteiger partial charge in [-0.1, -0.05) is 12.1 Å². The van der Waals surface area contributed by atoms with Crippen molar-refractivity contribution in [3.05, 3.63) is 59.4 Å². The number of carbonyl (C=O) groups is 1. The molecule has 2 aromatic rings. The fourth-order valence-electron chi connectivity index (χ4n) is 2.10. The van der Waals surface area contributed by atoms with Crippen LogP contribution in [-0.4, -0.2) is 25.2 Å². The van der Waals surface area contributed by atoms with Gasteiger partial charge in [-0.2, -0.15) is 0 Å². The maximum Gasteiger partial charge on any atom is 0.260 e. The van der Waals surface area contributed by atoms with Gasteiger partial charge in [0.1, 0.15) is 23.9 Å². The van der Waals surface area contributed by atoms with Gasteiger partial charge in [0.25, 0.3) is 5.91 Å². The van der Waals surface area contributed by atoms with E-state index in [0.717, 1.165) is 11.1 Å². The highest BCUT2D eigenvalue weighted by molar-refractivity contribution is 5.80.